The van der Waals surface area contributed by atoms with Crippen molar-refractivity contribution in [3.63, 3.8) is 0 Å². The quantitative estimate of drug-likeness (QED) is 0.293. The third kappa shape index (κ3) is 2.81. The van der Waals surface area contributed by atoms with Gasteiger partial charge in [-0.25, -0.2) is 0 Å². The van der Waals surface area contributed by atoms with Crippen LogP contribution in [0.1, 0.15) is 0 Å². The van der Waals surface area contributed by atoms with Crippen LogP contribution in [0.3, 0.4) is 0 Å². The summed E-state index contributed by atoms with van der Waals surface area (Å²) in [5.74, 6) is 0. The van der Waals surface area contributed by atoms with Gasteiger partial charge in [0.2, 0.25) is 0 Å². The molecule has 0 aromatic heterocycles. The SMILES string of the molecule is Nc1ccccc1-c1cccc2c1N(c1ccccc1)c1ccccc1-c1ccccc1-2. The molecule has 0 saturated carbocycles. The minimum atomic E-state index is 0.778. The Hall–Kier alpha value is -4.30. The predicted molar refractivity (Wildman–Crippen MR) is 135 cm³/mol. The molecular weight excluding hydrogens is 388 g/mol. The summed E-state index contributed by atoms with van der Waals surface area (Å²) in [6.45, 7) is 0. The fraction of sp³-hybridized carbons (Fsp3) is 0. The van der Waals surface area contributed by atoms with Crippen LogP contribution in [0.15, 0.2) is 121 Å². The number of benzene rings is 5. The molecule has 2 heteroatoms. The van der Waals surface area contributed by atoms with E-state index in [0.717, 1.165) is 33.9 Å². The molecule has 2 nitrogen and oxygen atoms in total. The van der Waals surface area contributed by atoms with Crippen molar-refractivity contribution in [2.45, 2.75) is 0 Å². The highest BCUT2D eigenvalue weighted by Gasteiger charge is 2.28. The number of nitrogen functional groups attached to an aromatic ring is 1. The van der Waals surface area contributed by atoms with E-state index in [0.29, 0.717) is 0 Å². The molecule has 32 heavy (non-hydrogen) atoms. The van der Waals surface area contributed by atoms with Crippen molar-refractivity contribution in [3.05, 3.63) is 121 Å². The van der Waals surface area contributed by atoms with Gasteiger partial charge >= 0.3 is 0 Å². The molecule has 0 saturated heterocycles. The van der Waals surface area contributed by atoms with Gasteiger partial charge < -0.3 is 10.6 Å². The molecule has 2 N–H and O–H groups in total. The molecule has 5 aromatic carbocycles. The fourth-order valence-electron chi connectivity index (χ4n) is 4.78. The molecule has 1 aliphatic heterocycles. The lowest BCUT2D eigenvalue weighted by atomic mass is 9.92. The largest absolute Gasteiger partial charge is 0.398 e. The molecule has 0 amide bonds. The van der Waals surface area contributed by atoms with Crippen LogP contribution in [0.4, 0.5) is 22.7 Å². The highest BCUT2D eigenvalue weighted by Crippen LogP contribution is 2.53. The van der Waals surface area contributed by atoms with Gasteiger partial charge in [0.15, 0.2) is 0 Å². The summed E-state index contributed by atoms with van der Waals surface area (Å²) in [6, 6.07) is 42.6. The Morgan fingerprint density at radius 3 is 1.62 bits per heavy atom. The molecule has 1 heterocycles. The minimum Gasteiger partial charge on any atom is -0.398 e. The van der Waals surface area contributed by atoms with Crippen molar-refractivity contribution in [2.24, 2.45) is 0 Å². The maximum absolute atomic E-state index is 6.48. The summed E-state index contributed by atoms with van der Waals surface area (Å²) in [5, 5.41) is 0. The lowest BCUT2D eigenvalue weighted by Gasteiger charge is -2.29. The van der Waals surface area contributed by atoms with Crippen molar-refractivity contribution < 1.29 is 0 Å². The lowest BCUT2D eigenvalue weighted by molar-refractivity contribution is 1.29. The zero-order chi connectivity index (χ0) is 21.5. The van der Waals surface area contributed by atoms with Crippen molar-refractivity contribution >= 4 is 22.7 Å². The van der Waals surface area contributed by atoms with Crippen LogP contribution in [0, 0.1) is 0 Å². The van der Waals surface area contributed by atoms with Crippen LogP contribution in [0.5, 0.6) is 0 Å². The Morgan fingerprint density at radius 2 is 0.906 bits per heavy atom. The van der Waals surface area contributed by atoms with Crippen LogP contribution in [-0.2, 0) is 0 Å². The number of anilines is 4. The standard InChI is InChI=1S/C30H22N2/c31-28-19-8-6-15-24(28)27-18-10-17-26-23-14-5-4-13-22(23)25-16-7-9-20-29(25)32(30(26)27)21-11-2-1-3-12-21/h1-20H,31H2. The second-order valence-electron chi connectivity index (χ2n) is 8.02. The van der Waals surface area contributed by atoms with Gasteiger partial charge in [-0.2, -0.15) is 0 Å². The van der Waals surface area contributed by atoms with Crippen molar-refractivity contribution in [1.29, 1.82) is 0 Å². The first-order valence-corrected chi connectivity index (χ1v) is 10.8. The fourth-order valence-corrected chi connectivity index (χ4v) is 4.78. The summed E-state index contributed by atoms with van der Waals surface area (Å²) >= 11 is 0. The molecule has 5 aromatic rings. The van der Waals surface area contributed by atoms with Gasteiger partial charge in [-0.05, 0) is 35.4 Å². The Balaban J connectivity index is 1.79. The van der Waals surface area contributed by atoms with Crippen LogP contribution in [-0.4, -0.2) is 0 Å². The van der Waals surface area contributed by atoms with E-state index in [1.54, 1.807) is 0 Å². The van der Waals surface area contributed by atoms with Crippen LogP contribution < -0.4 is 10.6 Å². The monoisotopic (exact) mass is 410 g/mol. The summed E-state index contributed by atoms with van der Waals surface area (Å²) in [4.78, 5) is 2.38. The first-order chi connectivity index (χ1) is 15.8. The molecule has 0 unspecified atom stereocenters. The van der Waals surface area contributed by atoms with Crippen LogP contribution >= 0.6 is 0 Å². The third-order valence-electron chi connectivity index (χ3n) is 6.18. The van der Waals surface area contributed by atoms with Gasteiger partial charge in [-0.15, -0.1) is 0 Å². The molecule has 6 rings (SSSR count). The summed E-state index contributed by atoms with van der Waals surface area (Å²) < 4.78 is 0. The van der Waals surface area contributed by atoms with E-state index >= 15 is 0 Å². The number of hydrogen-bond acceptors (Lipinski definition) is 2. The highest BCUT2D eigenvalue weighted by atomic mass is 15.2. The topological polar surface area (TPSA) is 29.3 Å². The predicted octanol–water partition coefficient (Wildman–Crippen LogP) is 8.05. The molecule has 1 aliphatic rings. The Bertz CT molecular complexity index is 1440. The van der Waals surface area contributed by atoms with E-state index in [1.165, 1.54) is 22.3 Å². The molecule has 0 fully saturated rings. The Kier molecular flexibility index (Phi) is 4.29. The number of para-hydroxylation sites is 4. The Labute approximate surface area is 188 Å². The number of nitrogens with two attached hydrogens (primary N) is 1. The molecule has 0 spiro atoms. The molecule has 152 valence electrons. The van der Waals surface area contributed by atoms with Gasteiger partial charge in [0, 0.05) is 33.6 Å². The van der Waals surface area contributed by atoms with Crippen LogP contribution in [0.2, 0.25) is 0 Å². The smallest absolute Gasteiger partial charge is 0.0619 e. The Morgan fingerprint density at radius 1 is 0.406 bits per heavy atom. The first kappa shape index (κ1) is 18.5. The molecular formula is C30H22N2. The van der Waals surface area contributed by atoms with Gasteiger partial charge in [-0.1, -0.05) is 97.1 Å². The van der Waals surface area contributed by atoms with Gasteiger partial charge in [0.1, 0.15) is 0 Å². The van der Waals surface area contributed by atoms with Crippen molar-refractivity contribution in [3.8, 4) is 33.4 Å². The summed E-state index contributed by atoms with van der Waals surface area (Å²) in [5.41, 5.74) is 17.7. The maximum Gasteiger partial charge on any atom is 0.0619 e. The van der Waals surface area contributed by atoms with Crippen molar-refractivity contribution in [2.75, 3.05) is 10.6 Å². The highest BCUT2D eigenvalue weighted by molar-refractivity contribution is 6.07. The average molecular weight is 411 g/mol. The second-order valence-corrected chi connectivity index (χ2v) is 8.02. The maximum atomic E-state index is 6.48. The van der Waals surface area contributed by atoms with E-state index in [4.69, 9.17) is 5.73 Å². The summed E-state index contributed by atoms with van der Waals surface area (Å²) in [7, 11) is 0. The zero-order valence-electron chi connectivity index (χ0n) is 17.6. The molecule has 0 aliphatic carbocycles. The van der Waals surface area contributed by atoms with Gasteiger partial charge in [-0.3, -0.25) is 0 Å². The van der Waals surface area contributed by atoms with E-state index in [2.05, 4.69) is 114 Å². The summed E-state index contributed by atoms with van der Waals surface area (Å²) in [6.07, 6.45) is 0. The van der Waals surface area contributed by atoms with E-state index in [1.807, 2.05) is 12.1 Å². The minimum absolute atomic E-state index is 0.778. The number of rotatable bonds is 2. The van der Waals surface area contributed by atoms with E-state index < -0.39 is 0 Å². The lowest BCUT2D eigenvalue weighted by Crippen LogP contribution is -2.12. The third-order valence-corrected chi connectivity index (χ3v) is 6.18. The number of hydrogen-bond donors (Lipinski definition) is 1. The normalized spacial score (nSPS) is 11.8. The second kappa shape index (κ2) is 7.44. The molecule has 0 atom stereocenters. The number of fused-ring (bicyclic) bond motifs is 5. The van der Waals surface area contributed by atoms with E-state index in [9.17, 15) is 0 Å². The van der Waals surface area contributed by atoms with Gasteiger partial charge in [0.25, 0.3) is 0 Å². The molecule has 0 radical (unpaired) electrons. The van der Waals surface area contributed by atoms with Crippen molar-refractivity contribution in [1.82, 2.24) is 0 Å². The van der Waals surface area contributed by atoms with E-state index in [-0.39, 0.29) is 0 Å². The molecule has 0 bridgehead atoms. The van der Waals surface area contributed by atoms with Gasteiger partial charge in [0.05, 0.1) is 11.4 Å². The zero-order valence-corrected chi connectivity index (χ0v) is 17.6. The average Bonchev–Trinajstić information content (AvgIpc) is 2.98. The van der Waals surface area contributed by atoms with Crippen LogP contribution in [0.25, 0.3) is 33.4 Å². The first-order valence-electron chi connectivity index (χ1n) is 10.8. The number of nitrogens with zero attached hydrogens (tertiary/aromatic N) is 1.